The molecule has 0 saturated carbocycles. The van der Waals surface area contributed by atoms with Crippen LogP contribution in [0.4, 0.5) is 5.69 Å². The lowest BCUT2D eigenvalue weighted by Gasteiger charge is -2.37. The molecule has 2 aliphatic rings. The molecule has 8 heteroatoms. The third kappa shape index (κ3) is 4.49. The Hall–Kier alpha value is -2.74. The predicted molar refractivity (Wildman–Crippen MR) is 118 cm³/mol. The number of benzene rings is 2. The Morgan fingerprint density at radius 3 is 2.77 bits per heavy atom. The van der Waals surface area contributed by atoms with Crippen molar-refractivity contribution in [3.8, 4) is 11.5 Å². The van der Waals surface area contributed by atoms with Gasteiger partial charge in [-0.25, -0.2) is 8.42 Å². The number of piperidine rings is 1. The quantitative estimate of drug-likeness (QED) is 0.754. The van der Waals surface area contributed by atoms with Crippen molar-refractivity contribution in [3.63, 3.8) is 0 Å². The first-order valence-corrected chi connectivity index (χ1v) is 12.2. The molecule has 166 valence electrons. The molecule has 0 aromatic heterocycles. The van der Waals surface area contributed by atoms with Crippen molar-refractivity contribution >= 4 is 21.6 Å². The number of nitrogens with one attached hydrogen (secondary N) is 1. The van der Waals surface area contributed by atoms with E-state index in [2.05, 4.69) is 4.72 Å². The fourth-order valence-corrected chi connectivity index (χ4v) is 5.37. The van der Waals surface area contributed by atoms with Gasteiger partial charge in [0.05, 0.1) is 23.7 Å². The Kier molecular flexibility index (Phi) is 6.09. The molecular formula is C23H28N2O5S. The van der Waals surface area contributed by atoms with Crippen LogP contribution in [0.5, 0.6) is 11.5 Å². The Balaban J connectivity index is 1.61. The molecule has 1 fully saturated rings. The van der Waals surface area contributed by atoms with Crippen LogP contribution < -0.4 is 14.2 Å². The topological polar surface area (TPSA) is 84.9 Å². The zero-order valence-electron chi connectivity index (χ0n) is 17.9. The highest BCUT2D eigenvalue weighted by Gasteiger charge is 2.31. The first-order chi connectivity index (χ1) is 14.9. The molecule has 0 spiro atoms. The van der Waals surface area contributed by atoms with E-state index in [-0.39, 0.29) is 16.8 Å². The second-order valence-electron chi connectivity index (χ2n) is 7.96. The van der Waals surface area contributed by atoms with Crippen molar-refractivity contribution in [1.29, 1.82) is 0 Å². The molecule has 1 unspecified atom stereocenters. The summed E-state index contributed by atoms with van der Waals surface area (Å²) in [5.41, 5.74) is 1.47. The van der Waals surface area contributed by atoms with Gasteiger partial charge in [-0.15, -0.1) is 0 Å². The smallest absolute Gasteiger partial charge is 0.261 e. The molecule has 0 radical (unpaired) electrons. The van der Waals surface area contributed by atoms with Gasteiger partial charge in [0.15, 0.2) is 0 Å². The van der Waals surface area contributed by atoms with Gasteiger partial charge in [-0.3, -0.25) is 9.52 Å². The summed E-state index contributed by atoms with van der Waals surface area (Å²) < 4.78 is 39.8. The molecule has 2 aromatic rings. The van der Waals surface area contributed by atoms with Crippen molar-refractivity contribution in [3.05, 3.63) is 47.5 Å². The van der Waals surface area contributed by atoms with E-state index in [1.807, 2.05) is 11.8 Å². The summed E-state index contributed by atoms with van der Waals surface area (Å²) in [4.78, 5) is 15.3. The number of carbonyl (C=O) groups is 1. The van der Waals surface area contributed by atoms with Crippen LogP contribution in [0.15, 0.2) is 41.3 Å². The molecule has 0 bridgehead atoms. The summed E-state index contributed by atoms with van der Waals surface area (Å²) in [5, 5.41) is 0. The molecule has 7 nitrogen and oxygen atoms in total. The largest absolute Gasteiger partial charge is 0.494 e. The molecule has 1 N–H and O–H groups in total. The number of anilines is 1. The summed E-state index contributed by atoms with van der Waals surface area (Å²) in [7, 11) is -3.82. The summed E-state index contributed by atoms with van der Waals surface area (Å²) in [6.45, 7) is 5.46. The number of nitrogens with zero attached hydrogens (tertiary/aromatic N) is 1. The van der Waals surface area contributed by atoms with Gasteiger partial charge in [0.1, 0.15) is 11.5 Å². The zero-order chi connectivity index (χ0) is 22.0. The van der Waals surface area contributed by atoms with Crippen molar-refractivity contribution < 1.29 is 22.7 Å². The second kappa shape index (κ2) is 8.78. The lowest BCUT2D eigenvalue weighted by molar-refractivity contribution is 0.0548. The fourth-order valence-electron chi connectivity index (χ4n) is 4.23. The first kappa shape index (κ1) is 21.5. The van der Waals surface area contributed by atoms with Gasteiger partial charge in [0.25, 0.3) is 15.9 Å². The Bertz CT molecular complexity index is 1080. The molecule has 2 heterocycles. The van der Waals surface area contributed by atoms with E-state index < -0.39 is 10.0 Å². The second-order valence-corrected chi connectivity index (χ2v) is 9.64. The number of hydrogen-bond acceptors (Lipinski definition) is 5. The third-order valence-electron chi connectivity index (χ3n) is 5.82. The van der Waals surface area contributed by atoms with Gasteiger partial charge in [-0.2, -0.15) is 0 Å². The molecular weight excluding hydrogens is 416 g/mol. The van der Waals surface area contributed by atoms with Gasteiger partial charge in [-0.05, 0) is 75.1 Å². The Labute approximate surface area is 183 Å². The molecule has 0 aliphatic carbocycles. The van der Waals surface area contributed by atoms with Gasteiger partial charge >= 0.3 is 0 Å². The zero-order valence-corrected chi connectivity index (χ0v) is 18.7. The summed E-state index contributed by atoms with van der Waals surface area (Å²) in [6.07, 6.45) is 3.90. The fraction of sp³-hybridized carbons (Fsp3) is 0.435. The highest BCUT2D eigenvalue weighted by molar-refractivity contribution is 7.92. The monoisotopic (exact) mass is 444 g/mol. The molecule has 31 heavy (non-hydrogen) atoms. The number of hydrogen-bond donors (Lipinski definition) is 1. The van der Waals surface area contributed by atoms with Gasteiger partial charge in [0, 0.05) is 24.7 Å². The average molecular weight is 445 g/mol. The van der Waals surface area contributed by atoms with Crippen molar-refractivity contribution in [2.24, 2.45) is 0 Å². The van der Waals surface area contributed by atoms with E-state index in [0.717, 1.165) is 37.8 Å². The number of ether oxygens (including phenoxy) is 2. The van der Waals surface area contributed by atoms with E-state index >= 15 is 0 Å². The van der Waals surface area contributed by atoms with E-state index in [1.165, 1.54) is 6.07 Å². The maximum Gasteiger partial charge on any atom is 0.261 e. The minimum absolute atomic E-state index is 0.0997. The number of rotatable bonds is 5. The highest BCUT2D eigenvalue weighted by Crippen LogP contribution is 2.32. The highest BCUT2D eigenvalue weighted by atomic mass is 32.2. The average Bonchev–Trinajstić information content (AvgIpc) is 2.74. The number of aryl methyl sites for hydroxylation is 1. The van der Waals surface area contributed by atoms with Crippen LogP contribution in [0.25, 0.3) is 0 Å². The minimum atomic E-state index is -3.82. The van der Waals surface area contributed by atoms with E-state index in [4.69, 9.17) is 9.47 Å². The maximum absolute atomic E-state index is 13.2. The number of amides is 1. The third-order valence-corrected chi connectivity index (χ3v) is 7.19. The lowest BCUT2D eigenvalue weighted by Crippen LogP contribution is -2.45. The molecule has 1 amide bonds. The van der Waals surface area contributed by atoms with Crippen LogP contribution in [0.3, 0.4) is 0 Å². The standard InChI is InChI=1S/C23H28N2O5S/c1-3-29-21-10-8-19(14-16(21)2)31(27,28)24-17-7-9-22-20(15-17)23(26)25-12-5-4-6-18(25)11-13-30-22/h7-10,14-15,18,24H,3-6,11-13H2,1-2H3. The summed E-state index contributed by atoms with van der Waals surface area (Å²) >= 11 is 0. The Morgan fingerprint density at radius 1 is 1.16 bits per heavy atom. The van der Waals surface area contributed by atoms with Crippen LogP contribution in [0.2, 0.25) is 0 Å². The van der Waals surface area contributed by atoms with E-state index in [0.29, 0.717) is 36.0 Å². The molecule has 2 aromatic carbocycles. The first-order valence-electron chi connectivity index (χ1n) is 10.7. The van der Waals surface area contributed by atoms with Crippen LogP contribution in [0, 0.1) is 6.92 Å². The normalized spacial score (nSPS) is 18.8. The minimum Gasteiger partial charge on any atom is -0.494 e. The van der Waals surface area contributed by atoms with Crippen LogP contribution in [0.1, 0.15) is 48.5 Å². The van der Waals surface area contributed by atoms with Crippen molar-refractivity contribution in [1.82, 2.24) is 4.90 Å². The van der Waals surface area contributed by atoms with Crippen LogP contribution in [-0.2, 0) is 10.0 Å². The number of sulfonamides is 1. The summed E-state index contributed by atoms with van der Waals surface area (Å²) in [5.74, 6) is 1.05. The van der Waals surface area contributed by atoms with E-state index in [9.17, 15) is 13.2 Å². The van der Waals surface area contributed by atoms with Crippen molar-refractivity contribution in [2.45, 2.75) is 50.5 Å². The Morgan fingerprint density at radius 2 is 2.00 bits per heavy atom. The SMILES string of the molecule is CCOc1ccc(S(=O)(=O)Nc2ccc3c(c2)C(=O)N2CCCCC2CCO3)cc1C. The molecule has 1 atom stereocenters. The lowest BCUT2D eigenvalue weighted by atomic mass is 9.97. The van der Waals surface area contributed by atoms with Gasteiger partial charge in [0.2, 0.25) is 0 Å². The van der Waals surface area contributed by atoms with Gasteiger partial charge < -0.3 is 14.4 Å². The maximum atomic E-state index is 13.2. The van der Waals surface area contributed by atoms with Crippen molar-refractivity contribution in [2.75, 3.05) is 24.5 Å². The molecule has 4 rings (SSSR count). The predicted octanol–water partition coefficient (Wildman–Crippen LogP) is 3.97. The molecule has 1 saturated heterocycles. The molecule has 2 aliphatic heterocycles. The van der Waals surface area contributed by atoms with Crippen LogP contribution in [-0.4, -0.2) is 45.0 Å². The summed E-state index contributed by atoms with van der Waals surface area (Å²) in [6, 6.07) is 9.80. The number of fused-ring (bicyclic) bond motifs is 2. The number of carbonyl (C=O) groups excluding carboxylic acids is 1. The van der Waals surface area contributed by atoms with E-state index in [1.54, 1.807) is 37.3 Å². The van der Waals surface area contributed by atoms with Crippen LogP contribution >= 0.6 is 0 Å². The van der Waals surface area contributed by atoms with Gasteiger partial charge in [-0.1, -0.05) is 0 Å².